The summed E-state index contributed by atoms with van der Waals surface area (Å²) in [6, 6.07) is 9.46. The van der Waals surface area contributed by atoms with E-state index in [0.29, 0.717) is 13.0 Å². The fourth-order valence-electron chi connectivity index (χ4n) is 3.43. The Balaban J connectivity index is 1.82. The normalized spacial score (nSPS) is 31.4. The molecule has 8 heteroatoms. The topological polar surface area (TPSA) is 83.5 Å². The number of ether oxygens (including phenoxy) is 4. The Bertz CT molecular complexity index is 653. The number of nitrogens with zero attached hydrogens (tertiary/aromatic N) is 1. The van der Waals surface area contributed by atoms with Gasteiger partial charge in [-0.15, -0.1) is 0 Å². The van der Waals surface area contributed by atoms with Crippen LogP contribution < -0.4 is 0 Å². The van der Waals surface area contributed by atoms with Crippen LogP contribution in [0.3, 0.4) is 0 Å². The summed E-state index contributed by atoms with van der Waals surface area (Å²) in [5.74, 6) is -0.857. The van der Waals surface area contributed by atoms with Gasteiger partial charge in [0.1, 0.15) is 6.10 Å². The Kier molecular flexibility index (Phi) is 6.43. The second-order valence-electron chi connectivity index (χ2n) is 6.63. The largest absolute Gasteiger partial charge is 0.467 e. The van der Waals surface area contributed by atoms with Gasteiger partial charge in [0.15, 0.2) is 18.5 Å². The summed E-state index contributed by atoms with van der Waals surface area (Å²) in [7, 11) is 1.33. The standard InChI is InChI=1S/C19H25NO7/c1-12(21)25-17-11-24-13(2)26-18(17)15-9-16(19(22)23-3)27-20(15)10-14-7-5-4-6-8-14/h4-8,13,15-18H,9-11H2,1-3H3/t13-,15+,16-,17-,18+/m1/s1. The monoisotopic (exact) mass is 379 g/mol. The molecule has 2 aliphatic heterocycles. The van der Waals surface area contributed by atoms with Crippen molar-refractivity contribution in [2.75, 3.05) is 13.7 Å². The Morgan fingerprint density at radius 3 is 2.67 bits per heavy atom. The molecule has 1 aromatic rings. The van der Waals surface area contributed by atoms with Gasteiger partial charge in [-0.05, 0) is 12.5 Å². The smallest absolute Gasteiger partial charge is 0.337 e. The Morgan fingerprint density at radius 1 is 1.26 bits per heavy atom. The van der Waals surface area contributed by atoms with E-state index in [1.54, 1.807) is 12.0 Å². The molecule has 0 amide bonds. The Hall–Kier alpha value is -2.00. The second kappa shape index (κ2) is 8.79. The predicted molar refractivity (Wildman–Crippen MR) is 93.1 cm³/mol. The summed E-state index contributed by atoms with van der Waals surface area (Å²) in [4.78, 5) is 29.4. The number of benzene rings is 1. The van der Waals surface area contributed by atoms with E-state index in [2.05, 4.69) is 0 Å². The average Bonchev–Trinajstić information content (AvgIpc) is 3.06. The molecule has 8 nitrogen and oxygen atoms in total. The van der Waals surface area contributed by atoms with Crippen LogP contribution in [0.25, 0.3) is 0 Å². The van der Waals surface area contributed by atoms with Gasteiger partial charge in [0.25, 0.3) is 0 Å². The third-order valence-electron chi connectivity index (χ3n) is 4.64. The number of carbonyl (C=O) groups excluding carboxylic acids is 2. The fourth-order valence-corrected chi connectivity index (χ4v) is 3.43. The molecule has 0 spiro atoms. The molecule has 0 saturated carbocycles. The minimum Gasteiger partial charge on any atom is -0.467 e. The maximum atomic E-state index is 12.0. The molecule has 0 bridgehead atoms. The van der Waals surface area contributed by atoms with Crippen molar-refractivity contribution in [1.29, 1.82) is 0 Å². The van der Waals surface area contributed by atoms with E-state index < -0.39 is 36.5 Å². The van der Waals surface area contributed by atoms with E-state index in [9.17, 15) is 9.59 Å². The van der Waals surface area contributed by atoms with Crippen LogP contribution in [-0.2, 0) is 39.9 Å². The highest BCUT2D eigenvalue weighted by molar-refractivity contribution is 5.74. The van der Waals surface area contributed by atoms with Crippen molar-refractivity contribution >= 4 is 11.9 Å². The third-order valence-corrected chi connectivity index (χ3v) is 4.64. The minimum absolute atomic E-state index is 0.226. The highest BCUT2D eigenvalue weighted by atomic mass is 16.7. The molecule has 148 valence electrons. The lowest BCUT2D eigenvalue weighted by Crippen LogP contribution is -2.54. The van der Waals surface area contributed by atoms with Crippen molar-refractivity contribution in [2.24, 2.45) is 0 Å². The Morgan fingerprint density at radius 2 is 2.00 bits per heavy atom. The number of esters is 2. The summed E-state index contributed by atoms with van der Waals surface area (Å²) in [6.45, 7) is 3.82. The van der Waals surface area contributed by atoms with E-state index in [1.807, 2.05) is 30.3 Å². The number of rotatable bonds is 5. The maximum absolute atomic E-state index is 12.0. The van der Waals surface area contributed by atoms with Gasteiger partial charge in [0.05, 0.1) is 19.8 Å². The highest BCUT2D eigenvalue weighted by Gasteiger charge is 2.48. The first kappa shape index (κ1) is 19.8. The van der Waals surface area contributed by atoms with Crippen LogP contribution in [0, 0.1) is 0 Å². The molecule has 0 aromatic heterocycles. The number of hydrogen-bond donors (Lipinski definition) is 0. The van der Waals surface area contributed by atoms with Crippen molar-refractivity contribution < 1.29 is 33.4 Å². The summed E-state index contributed by atoms with van der Waals surface area (Å²) < 4.78 is 21.7. The van der Waals surface area contributed by atoms with Gasteiger partial charge in [-0.25, -0.2) is 4.79 Å². The summed E-state index contributed by atoms with van der Waals surface area (Å²) in [5.41, 5.74) is 1.03. The lowest BCUT2D eigenvalue weighted by molar-refractivity contribution is -0.277. The lowest BCUT2D eigenvalue weighted by Gasteiger charge is -2.39. The van der Waals surface area contributed by atoms with Crippen molar-refractivity contribution in [3.63, 3.8) is 0 Å². The molecule has 2 heterocycles. The van der Waals surface area contributed by atoms with E-state index in [4.69, 9.17) is 23.8 Å². The van der Waals surface area contributed by atoms with Gasteiger partial charge < -0.3 is 18.9 Å². The van der Waals surface area contributed by atoms with Crippen LogP contribution >= 0.6 is 0 Å². The zero-order chi connectivity index (χ0) is 19.4. The first-order valence-electron chi connectivity index (χ1n) is 8.97. The van der Waals surface area contributed by atoms with Gasteiger partial charge in [-0.2, -0.15) is 5.06 Å². The van der Waals surface area contributed by atoms with E-state index in [1.165, 1.54) is 14.0 Å². The van der Waals surface area contributed by atoms with Gasteiger partial charge in [-0.1, -0.05) is 30.3 Å². The van der Waals surface area contributed by atoms with Gasteiger partial charge in [0, 0.05) is 19.9 Å². The van der Waals surface area contributed by atoms with Crippen LogP contribution in [0.1, 0.15) is 25.8 Å². The first-order valence-corrected chi connectivity index (χ1v) is 8.97. The van der Waals surface area contributed by atoms with E-state index in [0.717, 1.165) is 5.56 Å². The molecule has 2 fully saturated rings. The maximum Gasteiger partial charge on any atom is 0.337 e. The van der Waals surface area contributed by atoms with E-state index in [-0.39, 0.29) is 12.6 Å². The highest BCUT2D eigenvalue weighted by Crippen LogP contribution is 2.32. The lowest BCUT2D eigenvalue weighted by atomic mass is 9.99. The summed E-state index contributed by atoms with van der Waals surface area (Å²) in [5, 5.41) is 1.72. The summed E-state index contributed by atoms with van der Waals surface area (Å²) >= 11 is 0. The average molecular weight is 379 g/mol. The molecular weight excluding hydrogens is 354 g/mol. The van der Waals surface area contributed by atoms with Crippen LogP contribution in [0.5, 0.6) is 0 Å². The first-order chi connectivity index (χ1) is 13.0. The molecule has 0 radical (unpaired) electrons. The molecular formula is C19H25NO7. The minimum atomic E-state index is -0.733. The summed E-state index contributed by atoms with van der Waals surface area (Å²) in [6.07, 6.45) is -1.88. The molecule has 0 aliphatic carbocycles. The number of hydroxylamine groups is 2. The van der Waals surface area contributed by atoms with E-state index >= 15 is 0 Å². The van der Waals surface area contributed by atoms with Crippen molar-refractivity contribution in [2.45, 2.75) is 57.5 Å². The van der Waals surface area contributed by atoms with Crippen LogP contribution in [0.2, 0.25) is 0 Å². The molecule has 3 rings (SSSR count). The molecule has 2 aliphatic rings. The third kappa shape index (κ3) is 4.84. The molecule has 1 aromatic carbocycles. The molecule has 5 atom stereocenters. The zero-order valence-electron chi connectivity index (χ0n) is 15.7. The second-order valence-corrected chi connectivity index (χ2v) is 6.63. The van der Waals surface area contributed by atoms with Crippen LogP contribution in [0.15, 0.2) is 30.3 Å². The quantitative estimate of drug-likeness (QED) is 0.711. The van der Waals surface area contributed by atoms with Gasteiger partial charge in [-0.3, -0.25) is 9.63 Å². The van der Waals surface area contributed by atoms with Crippen molar-refractivity contribution in [3.8, 4) is 0 Å². The zero-order valence-corrected chi connectivity index (χ0v) is 15.7. The molecule has 27 heavy (non-hydrogen) atoms. The van der Waals surface area contributed by atoms with Gasteiger partial charge in [0.2, 0.25) is 0 Å². The van der Waals surface area contributed by atoms with Crippen LogP contribution in [-0.4, -0.2) is 61.4 Å². The number of methoxy groups -OCH3 is 1. The molecule has 0 unspecified atom stereocenters. The molecule has 2 saturated heterocycles. The van der Waals surface area contributed by atoms with Gasteiger partial charge >= 0.3 is 11.9 Å². The predicted octanol–water partition coefficient (Wildman–Crippen LogP) is 1.43. The SMILES string of the molecule is COC(=O)[C@H]1C[C@@H]([C@@H]2O[C@H](C)OC[C@H]2OC(C)=O)N(Cc2ccccc2)O1. The van der Waals surface area contributed by atoms with Crippen LogP contribution in [0.4, 0.5) is 0 Å². The van der Waals surface area contributed by atoms with Crippen molar-refractivity contribution in [1.82, 2.24) is 5.06 Å². The number of hydrogen-bond acceptors (Lipinski definition) is 8. The number of carbonyl (C=O) groups is 2. The Labute approximate surface area is 158 Å². The van der Waals surface area contributed by atoms with Crippen molar-refractivity contribution in [3.05, 3.63) is 35.9 Å². The fraction of sp³-hybridized carbons (Fsp3) is 0.579. The molecule has 0 N–H and O–H groups in total.